The van der Waals surface area contributed by atoms with Gasteiger partial charge in [-0.15, -0.1) is 6.42 Å². The summed E-state index contributed by atoms with van der Waals surface area (Å²) < 4.78 is 44.2. The highest BCUT2D eigenvalue weighted by atomic mass is 19.4. The molecule has 166 valence electrons. The molecular weight excluding hydrogens is 409 g/mol. The Hall–Kier alpha value is -2.78. The molecule has 1 saturated carbocycles. The number of aromatic nitrogens is 1. The fraction of sp³-hybridized carbons (Fsp3) is 0.591. The Morgan fingerprint density at radius 3 is 2.61 bits per heavy atom. The first-order chi connectivity index (χ1) is 14.6. The molecule has 2 fully saturated rings. The molecule has 1 saturated heterocycles. The summed E-state index contributed by atoms with van der Waals surface area (Å²) in [6.07, 6.45) is 6.72. The molecule has 3 rings (SSSR count). The van der Waals surface area contributed by atoms with Crippen LogP contribution in [0, 0.1) is 23.7 Å². The van der Waals surface area contributed by atoms with Crippen LogP contribution < -0.4 is 10.1 Å². The molecule has 6 nitrogen and oxygen atoms in total. The maximum absolute atomic E-state index is 12.8. The van der Waals surface area contributed by atoms with E-state index in [0.29, 0.717) is 38.5 Å². The number of nitrogens with zero attached hydrogens (tertiary/aromatic N) is 3. The van der Waals surface area contributed by atoms with Gasteiger partial charge in [0.2, 0.25) is 5.91 Å². The number of hydrogen-bond donors (Lipinski definition) is 1. The zero-order valence-electron chi connectivity index (χ0n) is 17.3. The Kier molecular flexibility index (Phi) is 6.76. The fourth-order valence-corrected chi connectivity index (χ4v) is 4.18. The molecule has 2 atom stereocenters. The number of rotatable bonds is 5. The number of likely N-dealkylation sites (tertiary alicyclic amines) is 1. The summed E-state index contributed by atoms with van der Waals surface area (Å²) in [5.41, 5.74) is -1.15. The van der Waals surface area contributed by atoms with Gasteiger partial charge in [-0.1, -0.05) is 5.92 Å². The number of halogens is 3. The summed E-state index contributed by atoms with van der Waals surface area (Å²) in [4.78, 5) is 17.8. The number of ether oxygens (including phenoxy) is 1. The van der Waals surface area contributed by atoms with E-state index < -0.39 is 17.8 Å². The lowest BCUT2D eigenvalue weighted by Gasteiger charge is -2.38. The molecule has 2 heterocycles. The molecule has 1 aliphatic heterocycles. The number of carbonyl (C=O) groups excluding carboxylic acids is 1. The molecule has 1 aromatic rings. The largest absolute Gasteiger partial charge is 0.489 e. The standard InChI is InChI=1S/C22H25F3N4O2/c1-3-16-4-5-17(11-26)29(16)20(30)14-28-21(2)8-6-18(7-9-21)31-19-10-15(12-27-13-19)22(23,24)25/h1,10,12-13,16-18,28H,4-9,14H2,2H3/t16-,17-,18?,21?/m0/s1. The highest BCUT2D eigenvalue weighted by Gasteiger charge is 2.38. The van der Waals surface area contributed by atoms with Crippen molar-refractivity contribution in [3.63, 3.8) is 0 Å². The first-order valence-electron chi connectivity index (χ1n) is 10.3. The van der Waals surface area contributed by atoms with Gasteiger partial charge < -0.3 is 15.0 Å². The number of amides is 1. The van der Waals surface area contributed by atoms with E-state index in [9.17, 15) is 23.2 Å². The van der Waals surface area contributed by atoms with Crippen molar-refractivity contribution in [1.29, 1.82) is 5.26 Å². The van der Waals surface area contributed by atoms with E-state index in [1.165, 1.54) is 11.1 Å². The second-order valence-corrected chi connectivity index (χ2v) is 8.34. The van der Waals surface area contributed by atoms with E-state index in [2.05, 4.69) is 22.3 Å². The van der Waals surface area contributed by atoms with Crippen LogP contribution in [0.4, 0.5) is 13.2 Å². The number of alkyl halides is 3. The Bertz CT molecular complexity index is 860. The third kappa shape index (κ3) is 5.48. The van der Waals surface area contributed by atoms with Crippen molar-refractivity contribution in [2.45, 2.75) is 75.4 Å². The minimum absolute atomic E-state index is 0.0793. The lowest BCUT2D eigenvalue weighted by Crippen LogP contribution is -2.52. The van der Waals surface area contributed by atoms with E-state index in [-0.39, 0.29) is 35.9 Å². The molecule has 0 aromatic carbocycles. The number of pyridine rings is 1. The lowest BCUT2D eigenvalue weighted by molar-refractivity contribution is -0.138. The van der Waals surface area contributed by atoms with Gasteiger partial charge >= 0.3 is 6.18 Å². The van der Waals surface area contributed by atoms with Gasteiger partial charge in [0.25, 0.3) is 0 Å². The van der Waals surface area contributed by atoms with Crippen LogP contribution in [0.25, 0.3) is 0 Å². The molecule has 31 heavy (non-hydrogen) atoms. The Balaban J connectivity index is 1.51. The Morgan fingerprint density at radius 2 is 2.00 bits per heavy atom. The second kappa shape index (κ2) is 9.15. The quantitative estimate of drug-likeness (QED) is 0.720. The highest BCUT2D eigenvalue weighted by Crippen LogP contribution is 2.33. The summed E-state index contributed by atoms with van der Waals surface area (Å²) >= 11 is 0. The smallest absolute Gasteiger partial charge is 0.418 e. The van der Waals surface area contributed by atoms with Crippen molar-refractivity contribution in [1.82, 2.24) is 15.2 Å². The third-order valence-electron chi connectivity index (χ3n) is 6.06. The van der Waals surface area contributed by atoms with E-state index >= 15 is 0 Å². The van der Waals surface area contributed by atoms with Gasteiger partial charge in [-0.25, -0.2) is 0 Å². The SMILES string of the molecule is C#C[C@H]1CC[C@@H](C#N)N1C(=O)CNC1(C)CCC(Oc2cncc(C(F)(F)F)c2)CC1. The highest BCUT2D eigenvalue weighted by molar-refractivity contribution is 5.80. The summed E-state index contributed by atoms with van der Waals surface area (Å²) in [6.45, 7) is 2.09. The molecular formula is C22H25F3N4O2. The van der Waals surface area contributed by atoms with Crippen molar-refractivity contribution in [3.05, 3.63) is 24.0 Å². The molecule has 2 aliphatic rings. The average Bonchev–Trinajstić information content (AvgIpc) is 3.17. The van der Waals surface area contributed by atoms with Gasteiger partial charge in [-0.05, 0) is 51.5 Å². The molecule has 0 radical (unpaired) electrons. The van der Waals surface area contributed by atoms with E-state index in [0.717, 1.165) is 12.3 Å². The molecule has 0 unspecified atom stereocenters. The van der Waals surface area contributed by atoms with Gasteiger partial charge in [0.15, 0.2) is 0 Å². The molecule has 0 spiro atoms. The number of terminal acetylenes is 1. The molecule has 1 N–H and O–H groups in total. The molecule has 1 aromatic heterocycles. The van der Waals surface area contributed by atoms with Crippen LogP contribution in [-0.4, -0.2) is 46.1 Å². The van der Waals surface area contributed by atoms with Crippen molar-refractivity contribution in [3.8, 4) is 24.2 Å². The first-order valence-corrected chi connectivity index (χ1v) is 10.3. The normalized spacial score (nSPS) is 28.6. The predicted molar refractivity (Wildman–Crippen MR) is 107 cm³/mol. The van der Waals surface area contributed by atoms with Crippen LogP contribution in [0.5, 0.6) is 5.75 Å². The maximum Gasteiger partial charge on any atom is 0.418 e. The van der Waals surface area contributed by atoms with E-state index in [1.54, 1.807) is 0 Å². The number of carbonyl (C=O) groups is 1. The molecule has 1 aliphatic carbocycles. The van der Waals surface area contributed by atoms with E-state index in [4.69, 9.17) is 11.2 Å². The monoisotopic (exact) mass is 434 g/mol. The van der Waals surface area contributed by atoms with E-state index in [1.807, 2.05) is 6.92 Å². The van der Waals surface area contributed by atoms with Crippen LogP contribution >= 0.6 is 0 Å². The number of nitrogens with one attached hydrogen (secondary N) is 1. The van der Waals surface area contributed by atoms with Crippen molar-refractivity contribution in [2.24, 2.45) is 0 Å². The summed E-state index contributed by atoms with van der Waals surface area (Å²) in [5.74, 6) is 2.49. The predicted octanol–water partition coefficient (Wildman–Crippen LogP) is 3.29. The van der Waals surface area contributed by atoms with Gasteiger partial charge in [-0.3, -0.25) is 9.78 Å². The summed E-state index contributed by atoms with van der Waals surface area (Å²) in [6, 6.07) is 2.26. The molecule has 9 heteroatoms. The maximum atomic E-state index is 12.8. The Labute approximate surface area is 179 Å². The third-order valence-corrected chi connectivity index (χ3v) is 6.06. The van der Waals surface area contributed by atoms with Crippen LogP contribution in [0.3, 0.4) is 0 Å². The zero-order valence-corrected chi connectivity index (χ0v) is 17.3. The van der Waals surface area contributed by atoms with Gasteiger partial charge in [0.1, 0.15) is 11.8 Å². The van der Waals surface area contributed by atoms with Gasteiger partial charge in [0.05, 0.1) is 36.5 Å². The van der Waals surface area contributed by atoms with Gasteiger partial charge in [-0.2, -0.15) is 18.4 Å². The molecule has 1 amide bonds. The van der Waals surface area contributed by atoms with Crippen LogP contribution in [0.15, 0.2) is 18.5 Å². The lowest BCUT2D eigenvalue weighted by atomic mass is 9.82. The first kappa shape index (κ1) is 22.9. The fourth-order valence-electron chi connectivity index (χ4n) is 4.18. The van der Waals surface area contributed by atoms with Crippen LogP contribution in [-0.2, 0) is 11.0 Å². The second-order valence-electron chi connectivity index (χ2n) is 8.34. The average molecular weight is 434 g/mol. The summed E-state index contributed by atoms with van der Waals surface area (Å²) in [5, 5.41) is 12.6. The zero-order chi connectivity index (χ0) is 22.6. The Morgan fingerprint density at radius 1 is 1.32 bits per heavy atom. The van der Waals surface area contributed by atoms with Gasteiger partial charge in [0, 0.05) is 11.7 Å². The van der Waals surface area contributed by atoms with Crippen molar-refractivity contribution >= 4 is 5.91 Å². The van der Waals surface area contributed by atoms with Crippen LogP contribution in [0.2, 0.25) is 0 Å². The minimum Gasteiger partial charge on any atom is -0.489 e. The number of nitriles is 1. The minimum atomic E-state index is -4.47. The molecule has 0 bridgehead atoms. The van der Waals surface area contributed by atoms with Crippen molar-refractivity contribution < 1.29 is 22.7 Å². The summed E-state index contributed by atoms with van der Waals surface area (Å²) in [7, 11) is 0. The topological polar surface area (TPSA) is 78.2 Å². The van der Waals surface area contributed by atoms with Crippen molar-refractivity contribution in [2.75, 3.05) is 6.54 Å². The van der Waals surface area contributed by atoms with Crippen LogP contribution in [0.1, 0.15) is 51.0 Å². The number of hydrogen-bond acceptors (Lipinski definition) is 5.